The Hall–Kier alpha value is -2.79. The predicted molar refractivity (Wildman–Crippen MR) is 89.1 cm³/mol. The third-order valence-electron chi connectivity index (χ3n) is 3.28. The van der Waals surface area contributed by atoms with Gasteiger partial charge in [-0.15, -0.1) is 0 Å². The van der Waals surface area contributed by atoms with Crippen LogP contribution < -0.4 is 11.1 Å². The summed E-state index contributed by atoms with van der Waals surface area (Å²) in [6.45, 7) is 1.42. The quantitative estimate of drug-likeness (QED) is 0.631. The van der Waals surface area contributed by atoms with Gasteiger partial charge in [0.15, 0.2) is 0 Å². The molecule has 3 N–H and O–H groups in total. The maximum Gasteiger partial charge on any atom is 0.221 e. The van der Waals surface area contributed by atoms with Crippen LogP contribution in [0.1, 0.15) is 23.0 Å². The summed E-state index contributed by atoms with van der Waals surface area (Å²) >= 11 is 0. The van der Waals surface area contributed by atoms with Crippen LogP contribution in [0.5, 0.6) is 0 Å². The van der Waals surface area contributed by atoms with Gasteiger partial charge in [0.2, 0.25) is 11.7 Å². The second kappa shape index (κ2) is 7.19. The molecule has 0 fully saturated rings. The molecule has 0 spiro atoms. The Morgan fingerprint density at radius 1 is 1.25 bits per heavy atom. The van der Waals surface area contributed by atoms with Gasteiger partial charge in [0, 0.05) is 40.9 Å². The van der Waals surface area contributed by atoms with Crippen molar-refractivity contribution in [2.24, 2.45) is 4.99 Å². The number of aromatic nitrogens is 1. The van der Waals surface area contributed by atoms with Crippen LogP contribution in [0, 0.1) is 0 Å². The number of rotatable bonds is 2. The molecule has 1 heterocycles. The van der Waals surface area contributed by atoms with E-state index in [0.717, 1.165) is 0 Å². The molecule has 0 radical (unpaired) electrons. The zero-order chi connectivity index (χ0) is 16.4. The minimum atomic E-state index is -0.214. The normalized spacial score (nSPS) is 14.0. The Bertz CT molecular complexity index is 875. The standard InChI is InChI=1S/C17H14N4O2.Ni/c1-10(22)20-15-9-11(18)4-5-14(15)21-13-6-7-16(23)17-12(13)3-2-8-19-17;/h2-9H,18H2,1H3,(H,20,22);. The number of amides is 1. The van der Waals surface area contributed by atoms with E-state index in [1.165, 1.54) is 13.0 Å². The summed E-state index contributed by atoms with van der Waals surface area (Å²) in [6.07, 6.45) is 4.64. The molecule has 24 heavy (non-hydrogen) atoms. The van der Waals surface area contributed by atoms with E-state index in [-0.39, 0.29) is 28.2 Å². The van der Waals surface area contributed by atoms with E-state index in [4.69, 9.17) is 5.73 Å². The van der Waals surface area contributed by atoms with Crippen molar-refractivity contribution in [2.75, 3.05) is 11.1 Å². The largest absolute Gasteiger partial charge is 0.399 e. The fourth-order valence-electron chi connectivity index (χ4n) is 2.30. The number of anilines is 2. The number of aliphatic imine (C=N–C) groups is 1. The van der Waals surface area contributed by atoms with E-state index in [1.807, 2.05) is 0 Å². The van der Waals surface area contributed by atoms with Crippen molar-refractivity contribution in [1.29, 1.82) is 0 Å². The zero-order valence-corrected chi connectivity index (χ0v) is 13.7. The molecule has 0 atom stereocenters. The molecule has 1 aliphatic carbocycles. The van der Waals surface area contributed by atoms with Gasteiger partial charge in [-0.05, 0) is 42.5 Å². The second-order valence-corrected chi connectivity index (χ2v) is 5.05. The average molecular weight is 365 g/mol. The summed E-state index contributed by atoms with van der Waals surface area (Å²) in [4.78, 5) is 31.9. The Labute approximate surface area is 148 Å². The number of nitrogens with two attached hydrogens (primary N) is 1. The van der Waals surface area contributed by atoms with E-state index >= 15 is 0 Å². The van der Waals surface area contributed by atoms with Crippen LogP contribution in [-0.2, 0) is 21.3 Å². The first-order valence-electron chi connectivity index (χ1n) is 6.98. The minimum Gasteiger partial charge on any atom is -0.399 e. The topological polar surface area (TPSA) is 97.4 Å². The van der Waals surface area contributed by atoms with E-state index in [2.05, 4.69) is 15.3 Å². The number of nitrogens with one attached hydrogen (secondary N) is 1. The number of benzene rings is 1. The number of hydrogen-bond acceptors (Lipinski definition) is 5. The molecule has 0 saturated carbocycles. The molecule has 2 aromatic rings. The molecule has 1 aromatic heterocycles. The molecule has 1 aliphatic rings. The fourth-order valence-corrected chi connectivity index (χ4v) is 2.30. The smallest absolute Gasteiger partial charge is 0.221 e. The summed E-state index contributed by atoms with van der Waals surface area (Å²) in [5.74, 6) is -0.368. The van der Waals surface area contributed by atoms with E-state index in [9.17, 15) is 9.59 Å². The summed E-state index contributed by atoms with van der Waals surface area (Å²) in [5.41, 5.74) is 8.98. The van der Waals surface area contributed by atoms with Gasteiger partial charge in [-0.25, -0.2) is 4.99 Å². The van der Waals surface area contributed by atoms with Crippen molar-refractivity contribution >= 4 is 34.5 Å². The second-order valence-electron chi connectivity index (χ2n) is 5.05. The summed E-state index contributed by atoms with van der Waals surface area (Å²) < 4.78 is 0. The molecule has 1 aromatic carbocycles. The first-order chi connectivity index (χ1) is 11.0. The van der Waals surface area contributed by atoms with Gasteiger partial charge in [0.1, 0.15) is 5.69 Å². The molecular weight excluding hydrogens is 351 g/mol. The van der Waals surface area contributed by atoms with Gasteiger partial charge in [-0.1, -0.05) is 0 Å². The Morgan fingerprint density at radius 2 is 2.04 bits per heavy atom. The van der Waals surface area contributed by atoms with Gasteiger partial charge in [-0.2, -0.15) is 0 Å². The van der Waals surface area contributed by atoms with Gasteiger partial charge >= 0.3 is 0 Å². The third kappa shape index (κ3) is 3.58. The van der Waals surface area contributed by atoms with E-state index < -0.39 is 0 Å². The van der Waals surface area contributed by atoms with E-state index in [0.29, 0.717) is 34.0 Å². The van der Waals surface area contributed by atoms with E-state index in [1.54, 1.807) is 42.6 Å². The number of nitrogens with zero attached hydrogens (tertiary/aromatic N) is 2. The number of ketones is 1. The maximum atomic E-state index is 11.9. The van der Waals surface area contributed by atoms with Crippen molar-refractivity contribution in [2.45, 2.75) is 6.92 Å². The predicted octanol–water partition coefficient (Wildman–Crippen LogP) is 2.49. The zero-order valence-electron chi connectivity index (χ0n) is 12.7. The van der Waals surface area contributed by atoms with Crippen molar-refractivity contribution in [1.82, 2.24) is 4.98 Å². The SMILES string of the molecule is CC(=O)Nc1cc(N)ccc1N=C1C=CC(=O)c2ncccc21.[Ni]. The van der Waals surface area contributed by atoms with Crippen LogP contribution in [0.15, 0.2) is 53.7 Å². The minimum absolute atomic E-state index is 0. The molecule has 0 unspecified atom stereocenters. The maximum absolute atomic E-state index is 11.9. The number of nitrogen functional groups attached to an aromatic ring is 1. The molecule has 0 saturated heterocycles. The van der Waals surface area contributed by atoms with Crippen LogP contribution >= 0.6 is 0 Å². The average Bonchev–Trinajstić information content (AvgIpc) is 2.52. The molecule has 1 amide bonds. The van der Waals surface area contributed by atoms with Crippen LogP contribution in [0.2, 0.25) is 0 Å². The van der Waals surface area contributed by atoms with Crippen molar-refractivity contribution in [3.05, 3.63) is 59.9 Å². The van der Waals surface area contributed by atoms with Crippen LogP contribution in [-0.4, -0.2) is 22.4 Å². The number of pyridine rings is 1. The first kappa shape index (κ1) is 17.6. The Morgan fingerprint density at radius 3 is 2.79 bits per heavy atom. The van der Waals surface area contributed by atoms with Crippen LogP contribution in [0.25, 0.3) is 0 Å². The van der Waals surface area contributed by atoms with Crippen LogP contribution in [0.4, 0.5) is 17.1 Å². The van der Waals surface area contributed by atoms with Crippen molar-refractivity contribution in [3.8, 4) is 0 Å². The number of hydrogen-bond donors (Lipinski definition) is 2. The Kier molecular flexibility index (Phi) is 5.26. The number of carbonyl (C=O) groups excluding carboxylic acids is 2. The molecule has 124 valence electrons. The summed E-state index contributed by atoms with van der Waals surface area (Å²) in [6, 6.07) is 8.60. The molecule has 3 rings (SSSR count). The van der Waals surface area contributed by atoms with Crippen molar-refractivity contribution in [3.63, 3.8) is 0 Å². The number of carbonyl (C=O) groups is 2. The van der Waals surface area contributed by atoms with Crippen LogP contribution in [0.3, 0.4) is 0 Å². The van der Waals surface area contributed by atoms with Gasteiger partial charge < -0.3 is 11.1 Å². The third-order valence-corrected chi connectivity index (χ3v) is 3.28. The summed E-state index contributed by atoms with van der Waals surface area (Å²) in [7, 11) is 0. The summed E-state index contributed by atoms with van der Waals surface area (Å²) in [5, 5.41) is 2.70. The Balaban J connectivity index is 0.00000208. The molecule has 6 nitrogen and oxygen atoms in total. The monoisotopic (exact) mass is 364 g/mol. The van der Waals surface area contributed by atoms with Gasteiger partial charge in [-0.3, -0.25) is 14.6 Å². The van der Waals surface area contributed by atoms with Gasteiger partial charge in [0.05, 0.1) is 17.1 Å². The molecule has 7 heteroatoms. The number of fused-ring (bicyclic) bond motifs is 1. The number of allylic oxidation sites excluding steroid dienone is 2. The molecule has 0 aliphatic heterocycles. The molecule has 0 bridgehead atoms. The van der Waals surface area contributed by atoms with Crippen molar-refractivity contribution < 1.29 is 26.1 Å². The molecular formula is C17H14N4NiO2. The first-order valence-corrected chi connectivity index (χ1v) is 6.98. The van der Waals surface area contributed by atoms with Gasteiger partial charge in [0.25, 0.3) is 0 Å². The fraction of sp³-hybridized carbons (Fsp3) is 0.0588.